The predicted octanol–water partition coefficient (Wildman–Crippen LogP) is 4.15. The van der Waals surface area contributed by atoms with E-state index in [4.69, 9.17) is 11.6 Å². The minimum atomic E-state index is -0.221. The lowest BCUT2D eigenvalue weighted by Gasteiger charge is -2.17. The summed E-state index contributed by atoms with van der Waals surface area (Å²) in [6.45, 7) is 2.84. The molecule has 0 aliphatic heterocycles. The number of halogens is 2. The Morgan fingerprint density at radius 3 is 2.88 bits per heavy atom. The zero-order valence-electron chi connectivity index (χ0n) is 10.2. The Bertz CT molecular complexity index is 376. The lowest BCUT2D eigenvalue weighted by atomic mass is 10.1. The highest BCUT2D eigenvalue weighted by Gasteiger charge is 2.24. The lowest BCUT2D eigenvalue weighted by Crippen LogP contribution is -2.28. The molecule has 0 spiro atoms. The molecule has 1 aliphatic rings. The van der Waals surface area contributed by atoms with Gasteiger partial charge in [-0.25, -0.2) is 4.39 Å². The van der Waals surface area contributed by atoms with Crippen LogP contribution >= 0.6 is 11.6 Å². The molecule has 1 aromatic rings. The second-order valence-electron chi connectivity index (χ2n) is 4.90. The molecular weight excluding hydrogens is 237 g/mol. The Hall–Kier alpha value is -0.600. The predicted molar refractivity (Wildman–Crippen MR) is 69.7 cm³/mol. The van der Waals surface area contributed by atoms with Gasteiger partial charge in [-0.15, -0.1) is 0 Å². The van der Waals surface area contributed by atoms with Crippen molar-refractivity contribution in [1.29, 1.82) is 0 Å². The van der Waals surface area contributed by atoms with E-state index in [1.807, 2.05) is 0 Å². The van der Waals surface area contributed by atoms with Crippen molar-refractivity contribution in [1.82, 2.24) is 5.32 Å². The van der Waals surface area contributed by atoms with E-state index < -0.39 is 0 Å². The minimum Gasteiger partial charge on any atom is -0.310 e. The van der Waals surface area contributed by atoms with Gasteiger partial charge in [0, 0.05) is 17.6 Å². The fraction of sp³-hybridized carbons (Fsp3) is 0.571. The summed E-state index contributed by atoms with van der Waals surface area (Å²) in [6.07, 6.45) is 5.10. The standard InChI is InChI=1S/C14H19ClFN/c1-2-13(7-10-3-4-10)17-9-11-8-12(16)5-6-14(11)15/h5-6,8,10,13,17H,2-4,7,9H2,1H3. The van der Waals surface area contributed by atoms with Crippen molar-refractivity contribution in [3.05, 3.63) is 34.6 Å². The summed E-state index contributed by atoms with van der Waals surface area (Å²) < 4.78 is 13.1. The van der Waals surface area contributed by atoms with Crippen molar-refractivity contribution >= 4 is 11.6 Å². The van der Waals surface area contributed by atoms with Crippen LogP contribution in [0.4, 0.5) is 4.39 Å². The molecule has 1 aliphatic carbocycles. The van der Waals surface area contributed by atoms with Crippen LogP contribution in [-0.2, 0) is 6.54 Å². The molecule has 0 aromatic heterocycles. The Kier molecular flexibility index (Phi) is 4.41. The number of benzene rings is 1. The lowest BCUT2D eigenvalue weighted by molar-refractivity contribution is 0.444. The third-order valence-corrected chi connectivity index (χ3v) is 3.77. The maximum atomic E-state index is 13.1. The molecule has 1 fully saturated rings. The van der Waals surface area contributed by atoms with E-state index in [1.54, 1.807) is 6.07 Å². The zero-order chi connectivity index (χ0) is 12.3. The van der Waals surface area contributed by atoms with Gasteiger partial charge in [0.1, 0.15) is 5.82 Å². The van der Waals surface area contributed by atoms with Crippen LogP contribution in [0.1, 0.15) is 38.2 Å². The van der Waals surface area contributed by atoms with Crippen molar-refractivity contribution in [3.63, 3.8) is 0 Å². The molecule has 3 heteroatoms. The van der Waals surface area contributed by atoms with Gasteiger partial charge in [-0.1, -0.05) is 31.4 Å². The van der Waals surface area contributed by atoms with Crippen molar-refractivity contribution in [2.45, 2.75) is 45.2 Å². The van der Waals surface area contributed by atoms with E-state index in [0.29, 0.717) is 17.6 Å². The summed E-state index contributed by atoms with van der Waals surface area (Å²) in [5.41, 5.74) is 0.848. The van der Waals surface area contributed by atoms with E-state index in [2.05, 4.69) is 12.2 Å². The second kappa shape index (κ2) is 5.83. The van der Waals surface area contributed by atoms with E-state index >= 15 is 0 Å². The van der Waals surface area contributed by atoms with E-state index in [-0.39, 0.29) is 5.82 Å². The third kappa shape index (κ3) is 3.97. The summed E-state index contributed by atoms with van der Waals surface area (Å²) >= 11 is 6.03. The fourth-order valence-corrected chi connectivity index (χ4v) is 2.27. The average molecular weight is 256 g/mol. The Morgan fingerprint density at radius 2 is 2.24 bits per heavy atom. The molecule has 1 aromatic carbocycles. The zero-order valence-corrected chi connectivity index (χ0v) is 10.9. The summed E-state index contributed by atoms with van der Waals surface area (Å²) in [6, 6.07) is 5.06. The van der Waals surface area contributed by atoms with Crippen molar-refractivity contribution < 1.29 is 4.39 Å². The van der Waals surface area contributed by atoms with Crippen molar-refractivity contribution in [3.8, 4) is 0 Å². The van der Waals surface area contributed by atoms with E-state index in [1.165, 1.54) is 31.4 Å². The van der Waals surface area contributed by atoms with Crippen LogP contribution < -0.4 is 5.32 Å². The van der Waals surface area contributed by atoms with E-state index in [9.17, 15) is 4.39 Å². The highest BCUT2D eigenvalue weighted by molar-refractivity contribution is 6.31. The van der Waals surface area contributed by atoms with Gasteiger partial charge in [-0.3, -0.25) is 0 Å². The van der Waals surface area contributed by atoms with Crippen LogP contribution in [0.25, 0.3) is 0 Å². The monoisotopic (exact) mass is 255 g/mol. The first-order valence-corrected chi connectivity index (χ1v) is 6.74. The maximum Gasteiger partial charge on any atom is 0.123 e. The fourth-order valence-electron chi connectivity index (χ4n) is 2.08. The van der Waals surface area contributed by atoms with Gasteiger partial charge in [-0.2, -0.15) is 0 Å². The summed E-state index contributed by atoms with van der Waals surface area (Å²) in [5, 5.41) is 4.11. The Labute approximate surface area is 107 Å². The van der Waals surface area contributed by atoms with Crippen LogP contribution in [0.5, 0.6) is 0 Å². The largest absolute Gasteiger partial charge is 0.310 e. The molecule has 1 nitrogen and oxygen atoms in total. The first kappa shape index (κ1) is 12.8. The molecule has 1 N–H and O–H groups in total. The van der Waals surface area contributed by atoms with Gasteiger partial charge in [0.2, 0.25) is 0 Å². The summed E-state index contributed by atoms with van der Waals surface area (Å²) in [4.78, 5) is 0. The molecule has 1 saturated carbocycles. The van der Waals surface area contributed by atoms with Crippen LogP contribution in [0.15, 0.2) is 18.2 Å². The quantitative estimate of drug-likeness (QED) is 0.805. The van der Waals surface area contributed by atoms with Crippen molar-refractivity contribution in [2.24, 2.45) is 5.92 Å². The first-order chi connectivity index (χ1) is 8.19. The number of hydrogen-bond acceptors (Lipinski definition) is 1. The SMILES string of the molecule is CCC(CC1CC1)NCc1cc(F)ccc1Cl. The smallest absolute Gasteiger partial charge is 0.123 e. The van der Waals surface area contributed by atoms with Gasteiger partial charge in [-0.05, 0) is 42.5 Å². The molecule has 17 heavy (non-hydrogen) atoms. The van der Waals surface area contributed by atoms with Crippen molar-refractivity contribution in [2.75, 3.05) is 0 Å². The highest BCUT2D eigenvalue weighted by Crippen LogP contribution is 2.34. The number of hydrogen-bond donors (Lipinski definition) is 1. The second-order valence-corrected chi connectivity index (χ2v) is 5.31. The molecule has 1 unspecified atom stereocenters. The number of nitrogens with one attached hydrogen (secondary N) is 1. The number of rotatable bonds is 6. The van der Waals surface area contributed by atoms with Crippen LogP contribution in [-0.4, -0.2) is 6.04 Å². The molecule has 0 amide bonds. The summed E-state index contributed by atoms with van der Waals surface area (Å²) in [5.74, 6) is 0.692. The molecule has 0 bridgehead atoms. The van der Waals surface area contributed by atoms with E-state index in [0.717, 1.165) is 17.9 Å². The minimum absolute atomic E-state index is 0.221. The van der Waals surface area contributed by atoms with Gasteiger partial charge in [0.25, 0.3) is 0 Å². The van der Waals surface area contributed by atoms with Gasteiger partial charge < -0.3 is 5.32 Å². The van der Waals surface area contributed by atoms with Gasteiger partial charge in [0.05, 0.1) is 0 Å². The molecule has 1 atom stereocenters. The van der Waals surface area contributed by atoms with Gasteiger partial charge >= 0.3 is 0 Å². The molecule has 0 heterocycles. The Balaban J connectivity index is 1.88. The third-order valence-electron chi connectivity index (χ3n) is 3.40. The topological polar surface area (TPSA) is 12.0 Å². The van der Waals surface area contributed by atoms with Crippen LogP contribution in [0.3, 0.4) is 0 Å². The average Bonchev–Trinajstić information content (AvgIpc) is 3.12. The molecule has 0 saturated heterocycles. The maximum absolute atomic E-state index is 13.1. The first-order valence-electron chi connectivity index (χ1n) is 6.36. The van der Waals surface area contributed by atoms with Crippen LogP contribution in [0, 0.1) is 11.7 Å². The highest BCUT2D eigenvalue weighted by atomic mass is 35.5. The molecule has 2 rings (SSSR count). The normalized spacial score (nSPS) is 17.1. The molecule has 0 radical (unpaired) electrons. The Morgan fingerprint density at radius 1 is 1.47 bits per heavy atom. The molecular formula is C14H19ClFN. The van der Waals surface area contributed by atoms with Crippen LogP contribution in [0.2, 0.25) is 5.02 Å². The summed E-state index contributed by atoms with van der Waals surface area (Å²) in [7, 11) is 0. The van der Waals surface area contributed by atoms with Gasteiger partial charge in [0.15, 0.2) is 0 Å². The molecule has 94 valence electrons.